The van der Waals surface area contributed by atoms with E-state index in [0.717, 1.165) is 0 Å². The average molecular weight is 251 g/mol. The van der Waals surface area contributed by atoms with Gasteiger partial charge in [0.15, 0.2) is 0 Å². The molecule has 0 bridgehead atoms. The van der Waals surface area contributed by atoms with Gasteiger partial charge in [-0.25, -0.2) is 0 Å². The second-order valence-corrected chi connectivity index (χ2v) is 4.34. The molecule has 0 aliphatic rings. The molecule has 1 atom stereocenters. The third-order valence-corrected chi connectivity index (χ3v) is 2.67. The highest BCUT2D eigenvalue weighted by molar-refractivity contribution is 5.03. The third kappa shape index (κ3) is 7.18. The standard InChI is InChI=1S/C11H20F3N3/c1-4-6-17(9-11(12,13)14)7-5-10(2,8-15)16-3/h16H,4-7,9H2,1-3H3. The molecule has 1 N–H and O–H groups in total. The number of hydrogen-bond acceptors (Lipinski definition) is 3. The van der Waals surface area contributed by atoms with Crippen molar-refractivity contribution in [2.45, 2.75) is 38.4 Å². The zero-order valence-corrected chi connectivity index (χ0v) is 10.6. The fourth-order valence-corrected chi connectivity index (χ4v) is 1.46. The van der Waals surface area contributed by atoms with E-state index in [1.165, 1.54) is 4.90 Å². The molecule has 0 rings (SSSR count). The summed E-state index contributed by atoms with van der Waals surface area (Å²) in [6.07, 6.45) is -3.15. The van der Waals surface area contributed by atoms with Gasteiger partial charge in [-0.1, -0.05) is 6.92 Å². The van der Waals surface area contributed by atoms with Gasteiger partial charge in [-0.15, -0.1) is 0 Å². The normalized spacial score (nSPS) is 15.6. The Hall–Kier alpha value is -0.800. The number of nitrogens with one attached hydrogen (secondary N) is 1. The monoisotopic (exact) mass is 251 g/mol. The molecule has 0 saturated carbocycles. The Balaban J connectivity index is 4.32. The van der Waals surface area contributed by atoms with Crippen LogP contribution in [-0.4, -0.2) is 43.3 Å². The van der Waals surface area contributed by atoms with Gasteiger partial charge < -0.3 is 5.32 Å². The molecule has 17 heavy (non-hydrogen) atoms. The predicted octanol–water partition coefficient (Wildman–Crippen LogP) is 2.15. The molecule has 0 aromatic rings. The van der Waals surface area contributed by atoms with E-state index in [1.807, 2.05) is 6.92 Å². The molecular weight excluding hydrogens is 231 g/mol. The molecule has 0 radical (unpaired) electrons. The van der Waals surface area contributed by atoms with Crippen molar-refractivity contribution in [2.24, 2.45) is 0 Å². The first-order valence-corrected chi connectivity index (χ1v) is 5.65. The van der Waals surface area contributed by atoms with Crippen molar-refractivity contribution in [3.05, 3.63) is 0 Å². The van der Waals surface area contributed by atoms with Gasteiger partial charge in [0.25, 0.3) is 0 Å². The van der Waals surface area contributed by atoms with Crippen LogP contribution in [0.2, 0.25) is 0 Å². The first-order valence-electron chi connectivity index (χ1n) is 5.65. The molecule has 0 aromatic heterocycles. The van der Waals surface area contributed by atoms with E-state index >= 15 is 0 Å². The zero-order valence-electron chi connectivity index (χ0n) is 10.6. The summed E-state index contributed by atoms with van der Waals surface area (Å²) in [5, 5.41) is 11.7. The van der Waals surface area contributed by atoms with Gasteiger partial charge >= 0.3 is 6.18 Å². The molecule has 0 fully saturated rings. The van der Waals surface area contributed by atoms with E-state index in [2.05, 4.69) is 11.4 Å². The highest BCUT2D eigenvalue weighted by atomic mass is 19.4. The smallest absolute Gasteiger partial charge is 0.303 e. The first kappa shape index (κ1) is 16.2. The van der Waals surface area contributed by atoms with Gasteiger partial charge in [0, 0.05) is 6.54 Å². The molecule has 6 heteroatoms. The fourth-order valence-electron chi connectivity index (χ4n) is 1.46. The SMILES string of the molecule is CCCN(CCC(C)(C#N)NC)CC(F)(F)F. The molecule has 0 heterocycles. The Morgan fingerprint density at radius 2 is 1.88 bits per heavy atom. The van der Waals surface area contributed by atoms with E-state index in [0.29, 0.717) is 19.4 Å². The average Bonchev–Trinajstić information content (AvgIpc) is 2.24. The number of rotatable bonds is 7. The van der Waals surface area contributed by atoms with Gasteiger partial charge in [0.05, 0.1) is 12.6 Å². The maximum atomic E-state index is 12.3. The van der Waals surface area contributed by atoms with Crippen molar-refractivity contribution in [3.8, 4) is 6.07 Å². The van der Waals surface area contributed by atoms with E-state index in [-0.39, 0.29) is 6.54 Å². The van der Waals surface area contributed by atoms with E-state index in [9.17, 15) is 13.2 Å². The topological polar surface area (TPSA) is 39.1 Å². The van der Waals surface area contributed by atoms with Gasteiger partial charge in [0.2, 0.25) is 0 Å². The van der Waals surface area contributed by atoms with Gasteiger partial charge in [-0.05, 0) is 33.4 Å². The van der Waals surface area contributed by atoms with Crippen LogP contribution < -0.4 is 5.32 Å². The van der Waals surface area contributed by atoms with Crippen molar-refractivity contribution >= 4 is 0 Å². The summed E-state index contributed by atoms with van der Waals surface area (Å²) in [7, 11) is 1.64. The largest absolute Gasteiger partial charge is 0.401 e. The van der Waals surface area contributed by atoms with Gasteiger partial charge in [0.1, 0.15) is 5.54 Å². The Labute approximate surface area is 101 Å². The molecule has 0 aliphatic carbocycles. The first-order chi connectivity index (χ1) is 7.76. The quantitative estimate of drug-likeness (QED) is 0.753. The van der Waals surface area contributed by atoms with Crippen molar-refractivity contribution in [3.63, 3.8) is 0 Å². The summed E-state index contributed by atoms with van der Waals surface area (Å²) in [6.45, 7) is 3.27. The van der Waals surface area contributed by atoms with Gasteiger partial charge in [-0.3, -0.25) is 4.90 Å². The summed E-state index contributed by atoms with van der Waals surface area (Å²) >= 11 is 0. The van der Waals surface area contributed by atoms with Crippen LogP contribution >= 0.6 is 0 Å². The Morgan fingerprint density at radius 3 is 2.24 bits per heavy atom. The fraction of sp³-hybridized carbons (Fsp3) is 0.909. The summed E-state index contributed by atoms with van der Waals surface area (Å²) in [5.74, 6) is 0. The van der Waals surface area contributed by atoms with Crippen molar-refractivity contribution in [2.75, 3.05) is 26.7 Å². The Kier molecular flexibility index (Phi) is 6.50. The molecule has 0 saturated heterocycles. The van der Waals surface area contributed by atoms with E-state index < -0.39 is 18.3 Å². The van der Waals surface area contributed by atoms with Crippen molar-refractivity contribution in [1.29, 1.82) is 5.26 Å². The zero-order chi connectivity index (χ0) is 13.5. The predicted molar refractivity (Wildman–Crippen MR) is 60.5 cm³/mol. The van der Waals surface area contributed by atoms with Crippen LogP contribution in [0.4, 0.5) is 13.2 Å². The number of nitriles is 1. The summed E-state index contributed by atoms with van der Waals surface area (Å²) in [5.41, 5.74) is -0.766. The lowest BCUT2D eigenvalue weighted by atomic mass is 10.00. The number of hydrogen-bond donors (Lipinski definition) is 1. The minimum atomic E-state index is -4.18. The number of halogens is 3. The van der Waals surface area contributed by atoms with Crippen LogP contribution in [0.5, 0.6) is 0 Å². The van der Waals surface area contributed by atoms with Crippen LogP contribution in [0.15, 0.2) is 0 Å². The summed E-state index contributed by atoms with van der Waals surface area (Å²) in [4.78, 5) is 1.34. The van der Waals surface area contributed by atoms with Crippen LogP contribution in [-0.2, 0) is 0 Å². The molecule has 100 valence electrons. The third-order valence-electron chi connectivity index (χ3n) is 2.67. The highest BCUT2D eigenvalue weighted by Gasteiger charge is 2.31. The van der Waals surface area contributed by atoms with Crippen LogP contribution in [0.25, 0.3) is 0 Å². The molecule has 0 aromatic carbocycles. The van der Waals surface area contributed by atoms with Gasteiger partial charge in [-0.2, -0.15) is 18.4 Å². The number of nitrogens with zero attached hydrogens (tertiary/aromatic N) is 2. The molecule has 0 aliphatic heterocycles. The highest BCUT2D eigenvalue weighted by Crippen LogP contribution is 2.18. The lowest BCUT2D eigenvalue weighted by Crippen LogP contribution is -2.43. The minimum absolute atomic E-state index is 0.262. The maximum Gasteiger partial charge on any atom is 0.401 e. The second-order valence-electron chi connectivity index (χ2n) is 4.34. The summed E-state index contributed by atoms with van der Waals surface area (Å²) < 4.78 is 36.9. The minimum Gasteiger partial charge on any atom is -0.303 e. The molecule has 3 nitrogen and oxygen atoms in total. The Bertz CT molecular complexity index is 260. The van der Waals surface area contributed by atoms with Crippen LogP contribution in [0.3, 0.4) is 0 Å². The van der Waals surface area contributed by atoms with E-state index in [4.69, 9.17) is 5.26 Å². The van der Waals surface area contributed by atoms with Crippen LogP contribution in [0, 0.1) is 11.3 Å². The molecule has 0 spiro atoms. The molecular formula is C11H20F3N3. The molecule has 1 unspecified atom stereocenters. The van der Waals surface area contributed by atoms with Crippen LogP contribution in [0.1, 0.15) is 26.7 Å². The van der Waals surface area contributed by atoms with Crippen molar-refractivity contribution < 1.29 is 13.2 Å². The maximum absolute atomic E-state index is 12.3. The summed E-state index contributed by atoms with van der Waals surface area (Å²) in [6, 6.07) is 2.07. The Morgan fingerprint density at radius 1 is 1.29 bits per heavy atom. The lowest BCUT2D eigenvalue weighted by Gasteiger charge is -2.27. The number of alkyl halides is 3. The van der Waals surface area contributed by atoms with Crippen molar-refractivity contribution in [1.82, 2.24) is 10.2 Å². The second kappa shape index (κ2) is 6.82. The lowest BCUT2D eigenvalue weighted by molar-refractivity contribution is -0.146. The van der Waals surface area contributed by atoms with E-state index in [1.54, 1.807) is 14.0 Å². The molecule has 0 amide bonds.